The van der Waals surface area contributed by atoms with E-state index >= 15 is 0 Å². The van der Waals surface area contributed by atoms with Gasteiger partial charge in [-0.15, -0.1) is 0 Å². The van der Waals surface area contributed by atoms with Crippen LogP contribution in [0.4, 0.5) is 5.69 Å². The van der Waals surface area contributed by atoms with Gasteiger partial charge in [0.1, 0.15) is 0 Å². The zero-order chi connectivity index (χ0) is 14.8. The summed E-state index contributed by atoms with van der Waals surface area (Å²) in [5.41, 5.74) is 0.706. The molecule has 0 saturated carbocycles. The SMILES string of the molecule is COC(=O)CS(=O)(=O)N1CCCC(=O)c2ccccc21. The maximum atomic E-state index is 12.3. The van der Waals surface area contributed by atoms with E-state index in [0.717, 1.165) is 11.4 Å². The smallest absolute Gasteiger partial charge is 0.322 e. The summed E-state index contributed by atoms with van der Waals surface area (Å²) in [5.74, 6) is -1.64. The van der Waals surface area contributed by atoms with Crippen molar-refractivity contribution in [2.45, 2.75) is 12.8 Å². The second kappa shape index (κ2) is 5.62. The largest absolute Gasteiger partial charge is 0.468 e. The molecule has 0 saturated heterocycles. The number of anilines is 1. The van der Waals surface area contributed by atoms with Crippen molar-refractivity contribution in [3.8, 4) is 0 Å². The molecule has 0 N–H and O–H groups in total. The number of para-hydroxylation sites is 1. The Kier molecular flexibility index (Phi) is 4.08. The number of esters is 1. The molecule has 0 bridgehead atoms. The highest BCUT2D eigenvalue weighted by molar-refractivity contribution is 7.93. The summed E-state index contributed by atoms with van der Waals surface area (Å²) in [5, 5.41) is 0. The lowest BCUT2D eigenvalue weighted by Gasteiger charge is -2.23. The highest BCUT2D eigenvalue weighted by atomic mass is 32.2. The Morgan fingerprint density at radius 3 is 2.75 bits per heavy atom. The van der Waals surface area contributed by atoms with Crippen LogP contribution < -0.4 is 4.31 Å². The monoisotopic (exact) mass is 297 g/mol. The summed E-state index contributed by atoms with van der Waals surface area (Å²) >= 11 is 0. The van der Waals surface area contributed by atoms with Gasteiger partial charge in [-0.3, -0.25) is 13.9 Å². The zero-order valence-corrected chi connectivity index (χ0v) is 11.9. The van der Waals surface area contributed by atoms with Crippen LogP contribution in [0.25, 0.3) is 0 Å². The highest BCUT2D eigenvalue weighted by Gasteiger charge is 2.30. The molecule has 0 atom stereocenters. The molecule has 0 amide bonds. The predicted molar refractivity (Wildman–Crippen MR) is 73.2 cm³/mol. The van der Waals surface area contributed by atoms with Crippen LogP contribution in [0, 0.1) is 0 Å². The van der Waals surface area contributed by atoms with E-state index < -0.39 is 21.7 Å². The van der Waals surface area contributed by atoms with Gasteiger partial charge in [0.2, 0.25) is 10.0 Å². The quantitative estimate of drug-likeness (QED) is 0.777. The van der Waals surface area contributed by atoms with Gasteiger partial charge in [-0.1, -0.05) is 12.1 Å². The van der Waals surface area contributed by atoms with E-state index in [0.29, 0.717) is 24.1 Å². The van der Waals surface area contributed by atoms with Crippen LogP contribution in [0.2, 0.25) is 0 Å². The van der Waals surface area contributed by atoms with Crippen LogP contribution >= 0.6 is 0 Å². The third-order valence-corrected chi connectivity index (χ3v) is 4.75. The molecule has 0 spiro atoms. The highest BCUT2D eigenvalue weighted by Crippen LogP contribution is 2.28. The summed E-state index contributed by atoms with van der Waals surface area (Å²) in [4.78, 5) is 23.2. The van der Waals surface area contributed by atoms with Gasteiger partial charge >= 0.3 is 5.97 Å². The molecule has 0 radical (unpaired) electrons. The molecule has 0 aliphatic carbocycles. The maximum absolute atomic E-state index is 12.3. The summed E-state index contributed by atoms with van der Waals surface area (Å²) in [6.45, 7) is 0.183. The number of fused-ring (bicyclic) bond motifs is 1. The fourth-order valence-corrected chi connectivity index (χ4v) is 3.58. The molecule has 1 aliphatic rings. The number of carbonyl (C=O) groups is 2. The molecule has 1 aromatic rings. The lowest BCUT2D eigenvalue weighted by atomic mass is 10.1. The van der Waals surface area contributed by atoms with Crippen molar-refractivity contribution in [3.05, 3.63) is 29.8 Å². The Morgan fingerprint density at radius 1 is 1.35 bits per heavy atom. The Hall–Kier alpha value is -1.89. The third-order valence-electron chi connectivity index (χ3n) is 3.10. The number of hydrogen-bond donors (Lipinski definition) is 0. The Morgan fingerprint density at radius 2 is 2.05 bits per heavy atom. The van der Waals surface area contributed by atoms with E-state index in [4.69, 9.17) is 0 Å². The van der Waals surface area contributed by atoms with E-state index in [1.54, 1.807) is 24.3 Å². The Labute approximate surface area is 117 Å². The normalized spacial score (nSPS) is 15.4. The predicted octanol–water partition coefficient (Wildman–Crippen LogP) is 0.972. The van der Waals surface area contributed by atoms with Gasteiger partial charge in [-0.25, -0.2) is 8.42 Å². The molecule has 1 aliphatic heterocycles. The van der Waals surface area contributed by atoms with E-state index in [9.17, 15) is 18.0 Å². The molecule has 1 aromatic carbocycles. The van der Waals surface area contributed by atoms with Crippen molar-refractivity contribution in [2.75, 3.05) is 23.7 Å². The van der Waals surface area contributed by atoms with Crippen molar-refractivity contribution in [1.82, 2.24) is 0 Å². The summed E-state index contributed by atoms with van der Waals surface area (Å²) in [6, 6.07) is 6.53. The van der Waals surface area contributed by atoms with Crippen LogP contribution in [-0.2, 0) is 19.6 Å². The van der Waals surface area contributed by atoms with Crippen LogP contribution in [0.1, 0.15) is 23.2 Å². The summed E-state index contributed by atoms with van der Waals surface area (Å²) < 4.78 is 30.1. The van der Waals surface area contributed by atoms with Gasteiger partial charge in [-0.2, -0.15) is 0 Å². The minimum absolute atomic E-state index is 0.0867. The van der Waals surface area contributed by atoms with Gasteiger partial charge in [0.15, 0.2) is 11.5 Å². The van der Waals surface area contributed by atoms with Gasteiger partial charge in [-0.05, 0) is 18.6 Å². The minimum atomic E-state index is -3.85. The average molecular weight is 297 g/mol. The molecule has 2 rings (SSSR count). The van der Waals surface area contributed by atoms with Gasteiger partial charge in [0.25, 0.3) is 0 Å². The minimum Gasteiger partial charge on any atom is -0.468 e. The standard InChI is InChI=1S/C13H15NO5S/c1-19-13(16)9-20(17,18)14-8-4-7-12(15)10-5-2-3-6-11(10)14/h2-3,5-6H,4,7-9H2,1H3. The van der Waals surface area contributed by atoms with Gasteiger partial charge in [0, 0.05) is 18.5 Å². The molecular weight excluding hydrogens is 282 g/mol. The number of ketones is 1. The number of ether oxygens (including phenoxy) is 1. The molecule has 0 unspecified atom stereocenters. The van der Waals surface area contributed by atoms with Crippen molar-refractivity contribution in [2.24, 2.45) is 0 Å². The molecule has 7 heteroatoms. The number of benzene rings is 1. The summed E-state index contributed by atoms with van der Waals surface area (Å²) in [7, 11) is -2.71. The first-order chi connectivity index (χ1) is 9.45. The van der Waals surface area contributed by atoms with Gasteiger partial charge in [0.05, 0.1) is 12.8 Å². The average Bonchev–Trinajstić information content (AvgIpc) is 2.58. The van der Waals surface area contributed by atoms with Crippen molar-refractivity contribution in [3.63, 3.8) is 0 Å². The van der Waals surface area contributed by atoms with E-state index in [2.05, 4.69) is 4.74 Å². The first-order valence-electron chi connectivity index (χ1n) is 6.15. The number of methoxy groups -OCH3 is 1. The molecule has 1 heterocycles. The number of rotatable bonds is 3. The number of nitrogens with zero attached hydrogens (tertiary/aromatic N) is 1. The third kappa shape index (κ3) is 2.82. The second-order valence-electron chi connectivity index (χ2n) is 4.45. The number of sulfonamides is 1. The van der Waals surface area contributed by atoms with Gasteiger partial charge < -0.3 is 4.74 Å². The first-order valence-corrected chi connectivity index (χ1v) is 7.76. The van der Waals surface area contributed by atoms with Crippen LogP contribution in [-0.4, -0.2) is 39.6 Å². The first kappa shape index (κ1) is 14.5. The second-order valence-corrected chi connectivity index (χ2v) is 6.34. The van der Waals surface area contributed by atoms with E-state index in [1.807, 2.05) is 0 Å². The van der Waals surface area contributed by atoms with E-state index in [1.165, 1.54) is 0 Å². The molecule has 108 valence electrons. The lowest BCUT2D eigenvalue weighted by molar-refractivity contribution is -0.137. The summed E-state index contributed by atoms with van der Waals surface area (Å²) in [6.07, 6.45) is 0.717. The molecule has 0 fully saturated rings. The maximum Gasteiger partial charge on any atom is 0.322 e. The lowest BCUT2D eigenvalue weighted by Crippen LogP contribution is -2.36. The van der Waals surface area contributed by atoms with Crippen molar-refractivity contribution in [1.29, 1.82) is 0 Å². The fraction of sp³-hybridized carbons (Fsp3) is 0.385. The van der Waals surface area contributed by atoms with E-state index in [-0.39, 0.29) is 12.3 Å². The van der Waals surface area contributed by atoms with Crippen LogP contribution in [0.15, 0.2) is 24.3 Å². The Bertz CT molecular complexity index is 638. The number of Topliss-reactive ketones (excluding diaryl/α,β-unsaturated/α-hetero) is 1. The number of carbonyl (C=O) groups excluding carboxylic acids is 2. The van der Waals surface area contributed by atoms with Crippen molar-refractivity contribution < 1.29 is 22.7 Å². The topological polar surface area (TPSA) is 80.8 Å². The molecule has 6 nitrogen and oxygen atoms in total. The Balaban J connectivity index is 2.44. The van der Waals surface area contributed by atoms with Crippen LogP contribution in [0.3, 0.4) is 0 Å². The molecule has 0 aromatic heterocycles. The number of hydrogen-bond acceptors (Lipinski definition) is 5. The van der Waals surface area contributed by atoms with Crippen LogP contribution in [0.5, 0.6) is 0 Å². The fourth-order valence-electron chi connectivity index (χ4n) is 2.14. The van der Waals surface area contributed by atoms with Crippen molar-refractivity contribution >= 4 is 27.5 Å². The zero-order valence-electron chi connectivity index (χ0n) is 11.0. The molecule has 20 heavy (non-hydrogen) atoms. The molecular formula is C13H15NO5S.